The number of rotatable bonds is 17. The van der Waals surface area contributed by atoms with E-state index in [9.17, 15) is 14.4 Å². The smallest absolute Gasteiger partial charge is 0.338 e. The molecule has 8 heteroatoms. The molecule has 0 aromatic heterocycles. The maximum Gasteiger partial charge on any atom is 0.338 e. The number of esters is 1. The van der Waals surface area contributed by atoms with Gasteiger partial charge in [-0.3, -0.25) is 9.59 Å². The molecule has 53 heavy (non-hydrogen) atoms. The van der Waals surface area contributed by atoms with Gasteiger partial charge in [-0.15, -0.1) is 11.6 Å². The number of Topliss-reactive ketones (excluding diaryl/α,β-unsaturated/α-hetero) is 1. The van der Waals surface area contributed by atoms with Crippen LogP contribution in [-0.2, 0) is 20.9 Å². The van der Waals surface area contributed by atoms with Crippen molar-refractivity contribution in [3.63, 3.8) is 0 Å². The highest BCUT2D eigenvalue weighted by Gasteiger charge is 2.24. The number of nitrogens with one attached hydrogen (secondary N) is 1. The number of hydrogen-bond donors (Lipinski definition) is 1. The van der Waals surface area contributed by atoms with Crippen LogP contribution in [0.4, 0.5) is 5.69 Å². The molecule has 0 aliphatic rings. The molecule has 0 saturated carbocycles. The molecule has 0 fully saturated rings. The number of carbonyl (C=O) groups is 3. The predicted octanol–water partition coefficient (Wildman–Crippen LogP) is 10.2. The molecular weight excluding hydrogens is 686 g/mol. The van der Waals surface area contributed by atoms with Crippen LogP contribution in [0.5, 0.6) is 11.5 Å². The Labute approximate surface area is 314 Å². The van der Waals surface area contributed by atoms with Gasteiger partial charge in [0.25, 0.3) is 0 Å². The normalized spacial score (nSPS) is 11.5. The quantitative estimate of drug-likeness (QED) is 0.0572. The van der Waals surface area contributed by atoms with Crippen molar-refractivity contribution >= 4 is 56.5 Å². The zero-order valence-corrected chi connectivity index (χ0v) is 30.0. The van der Waals surface area contributed by atoms with Crippen molar-refractivity contribution in [1.29, 1.82) is 0 Å². The Morgan fingerprint density at radius 3 is 2.04 bits per heavy atom. The van der Waals surface area contributed by atoms with Crippen LogP contribution in [0.25, 0.3) is 32.7 Å². The molecule has 0 heterocycles. The SMILES string of the molecule is C=CCOc1ccc2ccccc2c1-c1c(OCC(=O)C[C@H](CCCCl)C(=O)Nc2cccc(C(=O)OCc3ccccc3)c2)ccc2ccccc12. The van der Waals surface area contributed by atoms with Crippen LogP contribution >= 0.6 is 11.6 Å². The highest BCUT2D eigenvalue weighted by molar-refractivity contribution is 6.17. The summed E-state index contributed by atoms with van der Waals surface area (Å²) in [4.78, 5) is 39.9. The minimum absolute atomic E-state index is 0.0492. The topological polar surface area (TPSA) is 90.9 Å². The molecule has 6 rings (SSSR count). The van der Waals surface area contributed by atoms with Crippen LogP contribution in [0.3, 0.4) is 0 Å². The molecule has 1 N–H and O–H groups in total. The highest BCUT2D eigenvalue weighted by Crippen LogP contribution is 2.45. The first-order chi connectivity index (χ1) is 25.9. The molecule has 0 spiro atoms. The molecule has 0 unspecified atom stereocenters. The fraction of sp³-hybridized carbons (Fsp3) is 0.178. The first-order valence-electron chi connectivity index (χ1n) is 17.5. The zero-order valence-electron chi connectivity index (χ0n) is 29.3. The second-order valence-corrected chi connectivity index (χ2v) is 13.0. The van der Waals surface area contributed by atoms with E-state index in [-0.39, 0.29) is 31.3 Å². The average Bonchev–Trinajstić information content (AvgIpc) is 3.20. The molecule has 7 nitrogen and oxygen atoms in total. The monoisotopic (exact) mass is 725 g/mol. The number of halogens is 1. The van der Waals surface area contributed by atoms with Crippen molar-refractivity contribution in [2.75, 3.05) is 24.4 Å². The van der Waals surface area contributed by atoms with Gasteiger partial charge >= 0.3 is 5.97 Å². The van der Waals surface area contributed by atoms with Crippen LogP contribution in [0, 0.1) is 5.92 Å². The zero-order chi connectivity index (χ0) is 37.0. The summed E-state index contributed by atoms with van der Waals surface area (Å²) >= 11 is 6.02. The molecule has 6 aromatic rings. The second-order valence-electron chi connectivity index (χ2n) is 12.6. The summed E-state index contributed by atoms with van der Waals surface area (Å²) in [5.41, 5.74) is 3.26. The van der Waals surface area contributed by atoms with E-state index in [0.717, 1.165) is 38.2 Å². The van der Waals surface area contributed by atoms with Crippen LogP contribution in [0.15, 0.2) is 140 Å². The largest absolute Gasteiger partial charge is 0.489 e. The van der Waals surface area contributed by atoms with Gasteiger partial charge in [0.1, 0.15) is 31.3 Å². The molecule has 6 aromatic carbocycles. The van der Waals surface area contributed by atoms with Gasteiger partial charge in [-0.1, -0.05) is 110 Å². The van der Waals surface area contributed by atoms with E-state index in [0.29, 0.717) is 48.1 Å². The number of fused-ring (bicyclic) bond motifs is 2. The van der Waals surface area contributed by atoms with E-state index >= 15 is 0 Å². The molecule has 0 bridgehead atoms. The summed E-state index contributed by atoms with van der Waals surface area (Å²) in [5.74, 6) is -0.211. The standard InChI is InChI=1S/C45H40ClNO6/c1-2-26-51-40-23-21-32-14-6-8-19-38(32)42(40)43-39-20-9-7-15-33(39)22-24-41(43)52-30-37(48)28-34(17-11-25-46)44(49)47-36-18-10-16-35(27-36)45(50)53-29-31-12-4-3-5-13-31/h2-10,12-16,18-24,27,34H,1,11,17,25-26,28-30H2,(H,47,49)/t34-/m0/s1. The Bertz CT molecular complexity index is 2230. The number of carbonyl (C=O) groups excluding carboxylic acids is 3. The summed E-state index contributed by atoms with van der Waals surface area (Å²) < 4.78 is 18.0. The predicted molar refractivity (Wildman–Crippen MR) is 212 cm³/mol. The van der Waals surface area contributed by atoms with Crippen molar-refractivity contribution in [2.45, 2.75) is 25.9 Å². The Morgan fingerprint density at radius 2 is 1.38 bits per heavy atom. The first kappa shape index (κ1) is 36.9. The second kappa shape index (κ2) is 18.0. The maximum absolute atomic E-state index is 13.6. The van der Waals surface area contributed by atoms with Crippen LogP contribution in [0.1, 0.15) is 35.2 Å². The van der Waals surface area contributed by atoms with Crippen LogP contribution < -0.4 is 14.8 Å². The minimum atomic E-state index is -0.661. The molecule has 0 aliphatic carbocycles. The van der Waals surface area contributed by atoms with Crippen molar-refractivity contribution in [1.82, 2.24) is 0 Å². The molecule has 1 atom stereocenters. The third-order valence-corrected chi connectivity index (χ3v) is 9.15. The van der Waals surface area contributed by atoms with E-state index in [1.807, 2.05) is 103 Å². The van der Waals surface area contributed by atoms with Gasteiger partial charge in [-0.2, -0.15) is 0 Å². The number of amides is 1. The van der Waals surface area contributed by atoms with Gasteiger partial charge in [-0.25, -0.2) is 4.79 Å². The van der Waals surface area contributed by atoms with Gasteiger partial charge in [0.2, 0.25) is 5.91 Å². The van der Waals surface area contributed by atoms with E-state index < -0.39 is 11.9 Å². The molecule has 268 valence electrons. The van der Waals surface area contributed by atoms with Crippen LogP contribution in [-0.4, -0.2) is 36.8 Å². The number of ketones is 1. The van der Waals surface area contributed by atoms with E-state index in [1.165, 1.54) is 0 Å². The number of benzene rings is 6. The van der Waals surface area contributed by atoms with Crippen molar-refractivity contribution in [3.05, 3.63) is 151 Å². The van der Waals surface area contributed by atoms with Crippen molar-refractivity contribution < 1.29 is 28.6 Å². The molecular formula is C45H40ClNO6. The summed E-state index contributed by atoms with van der Waals surface area (Å²) in [6.07, 6.45) is 2.60. The lowest BCUT2D eigenvalue weighted by Crippen LogP contribution is -2.27. The lowest BCUT2D eigenvalue weighted by atomic mass is 9.92. The maximum atomic E-state index is 13.6. The fourth-order valence-corrected chi connectivity index (χ4v) is 6.48. The van der Waals surface area contributed by atoms with E-state index in [2.05, 4.69) is 11.9 Å². The third-order valence-electron chi connectivity index (χ3n) is 8.89. The van der Waals surface area contributed by atoms with Gasteiger partial charge in [0.05, 0.1) is 5.56 Å². The van der Waals surface area contributed by atoms with Crippen LogP contribution in [0.2, 0.25) is 0 Å². The number of ether oxygens (including phenoxy) is 3. The number of alkyl halides is 1. The van der Waals surface area contributed by atoms with E-state index in [4.69, 9.17) is 25.8 Å². The Kier molecular flexibility index (Phi) is 12.5. The van der Waals surface area contributed by atoms with Crippen molar-refractivity contribution in [2.24, 2.45) is 5.92 Å². The molecule has 0 radical (unpaired) electrons. The van der Waals surface area contributed by atoms with Crippen molar-refractivity contribution in [3.8, 4) is 22.6 Å². The first-order valence-corrected chi connectivity index (χ1v) is 18.1. The van der Waals surface area contributed by atoms with E-state index in [1.54, 1.807) is 30.3 Å². The summed E-state index contributed by atoms with van der Waals surface area (Å²) in [6.45, 7) is 4.03. The lowest BCUT2D eigenvalue weighted by Gasteiger charge is -2.20. The molecule has 0 aliphatic heterocycles. The van der Waals surface area contributed by atoms with Gasteiger partial charge in [0.15, 0.2) is 5.78 Å². The third kappa shape index (κ3) is 9.31. The molecule has 1 amide bonds. The Balaban J connectivity index is 1.20. The summed E-state index contributed by atoms with van der Waals surface area (Å²) in [6, 6.07) is 39.8. The Morgan fingerprint density at radius 1 is 0.736 bits per heavy atom. The average molecular weight is 726 g/mol. The number of hydrogen-bond acceptors (Lipinski definition) is 6. The molecule has 0 saturated heterocycles. The van der Waals surface area contributed by atoms with Gasteiger partial charge in [-0.05, 0) is 70.3 Å². The van der Waals surface area contributed by atoms with Gasteiger partial charge in [0, 0.05) is 35.0 Å². The summed E-state index contributed by atoms with van der Waals surface area (Å²) in [7, 11) is 0. The fourth-order valence-electron chi connectivity index (χ4n) is 6.32. The summed E-state index contributed by atoms with van der Waals surface area (Å²) in [5, 5.41) is 6.86. The Hall–Kier alpha value is -5.92. The minimum Gasteiger partial charge on any atom is -0.489 e. The lowest BCUT2D eigenvalue weighted by molar-refractivity contribution is -0.127. The highest BCUT2D eigenvalue weighted by atomic mass is 35.5. The van der Waals surface area contributed by atoms with Gasteiger partial charge < -0.3 is 19.5 Å². The number of anilines is 1.